The predicted molar refractivity (Wildman–Crippen MR) is 97.8 cm³/mol. The van der Waals surface area contributed by atoms with E-state index in [-0.39, 0.29) is 12.5 Å². The Balaban J connectivity index is 1.58. The Labute approximate surface area is 143 Å². The summed E-state index contributed by atoms with van der Waals surface area (Å²) in [6, 6.07) is 15.9. The maximum Gasteiger partial charge on any atom is 0.246 e. The molecule has 3 rings (SSSR count). The number of carbonyl (C=O) groups is 1. The van der Waals surface area contributed by atoms with Crippen LogP contribution in [0.3, 0.4) is 0 Å². The van der Waals surface area contributed by atoms with Crippen LogP contribution in [-0.4, -0.2) is 25.6 Å². The molecular formula is C20H24N2O2. The summed E-state index contributed by atoms with van der Waals surface area (Å²) in [5.41, 5.74) is 3.19. The molecule has 2 aromatic rings. The first-order chi connectivity index (χ1) is 11.6. The van der Waals surface area contributed by atoms with E-state index < -0.39 is 0 Å². The Bertz CT molecular complexity index is 712. The van der Waals surface area contributed by atoms with Crippen molar-refractivity contribution in [3.8, 4) is 5.75 Å². The van der Waals surface area contributed by atoms with Crippen molar-refractivity contribution >= 4 is 17.3 Å². The molecule has 4 nitrogen and oxygen atoms in total. The van der Waals surface area contributed by atoms with Crippen LogP contribution in [0.5, 0.6) is 5.75 Å². The Morgan fingerprint density at radius 2 is 2.04 bits per heavy atom. The van der Waals surface area contributed by atoms with Gasteiger partial charge in [-0.25, -0.2) is 0 Å². The zero-order valence-corrected chi connectivity index (χ0v) is 14.3. The van der Waals surface area contributed by atoms with Gasteiger partial charge in [0.25, 0.3) is 0 Å². The molecule has 126 valence electrons. The van der Waals surface area contributed by atoms with Gasteiger partial charge in [0, 0.05) is 24.0 Å². The van der Waals surface area contributed by atoms with Crippen molar-refractivity contribution in [3.05, 3.63) is 54.1 Å². The fraction of sp³-hybridized carbons (Fsp3) is 0.350. The minimum Gasteiger partial charge on any atom is -0.493 e. The number of anilines is 2. The third kappa shape index (κ3) is 3.88. The Morgan fingerprint density at radius 3 is 2.88 bits per heavy atom. The lowest BCUT2D eigenvalue weighted by Crippen LogP contribution is -2.34. The van der Waals surface area contributed by atoms with Crippen LogP contribution in [0.2, 0.25) is 0 Å². The third-order valence-electron chi connectivity index (χ3n) is 4.05. The van der Waals surface area contributed by atoms with Crippen LogP contribution in [0.1, 0.15) is 19.4 Å². The van der Waals surface area contributed by atoms with Crippen molar-refractivity contribution in [3.63, 3.8) is 0 Å². The summed E-state index contributed by atoms with van der Waals surface area (Å²) in [6.07, 6.45) is 0.931. The van der Waals surface area contributed by atoms with E-state index in [0.29, 0.717) is 12.5 Å². The van der Waals surface area contributed by atoms with Crippen molar-refractivity contribution in [2.75, 3.05) is 29.9 Å². The van der Waals surface area contributed by atoms with E-state index >= 15 is 0 Å². The summed E-state index contributed by atoms with van der Waals surface area (Å²) >= 11 is 0. The van der Waals surface area contributed by atoms with E-state index in [1.807, 2.05) is 47.4 Å². The molecule has 0 bridgehead atoms. The van der Waals surface area contributed by atoms with Gasteiger partial charge in [0.05, 0.1) is 13.2 Å². The molecule has 0 fully saturated rings. The van der Waals surface area contributed by atoms with Gasteiger partial charge in [0.15, 0.2) is 0 Å². The molecule has 0 aromatic heterocycles. The quantitative estimate of drug-likeness (QED) is 0.880. The van der Waals surface area contributed by atoms with Gasteiger partial charge in [-0.15, -0.1) is 0 Å². The number of ether oxygens (including phenoxy) is 1. The highest BCUT2D eigenvalue weighted by Gasteiger charge is 2.23. The molecule has 1 amide bonds. The molecule has 0 saturated carbocycles. The van der Waals surface area contributed by atoms with Gasteiger partial charge in [-0.3, -0.25) is 4.79 Å². The topological polar surface area (TPSA) is 41.6 Å². The van der Waals surface area contributed by atoms with Gasteiger partial charge < -0.3 is 15.0 Å². The lowest BCUT2D eigenvalue weighted by molar-refractivity contribution is -0.116. The van der Waals surface area contributed by atoms with Crippen LogP contribution in [0.15, 0.2) is 48.5 Å². The summed E-state index contributed by atoms with van der Waals surface area (Å²) < 4.78 is 5.73. The van der Waals surface area contributed by atoms with Gasteiger partial charge in [-0.1, -0.05) is 38.1 Å². The van der Waals surface area contributed by atoms with Crippen LogP contribution in [0, 0.1) is 5.92 Å². The Morgan fingerprint density at radius 1 is 1.21 bits per heavy atom. The van der Waals surface area contributed by atoms with E-state index in [0.717, 1.165) is 30.1 Å². The molecule has 0 atom stereocenters. The van der Waals surface area contributed by atoms with Crippen LogP contribution in [0.25, 0.3) is 0 Å². The molecular weight excluding hydrogens is 300 g/mol. The largest absolute Gasteiger partial charge is 0.493 e. The highest BCUT2D eigenvalue weighted by Crippen LogP contribution is 2.27. The lowest BCUT2D eigenvalue weighted by atomic mass is 10.2. The number of rotatable bonds is 6. The normalized spacial score (nSPS) is 13.0. The second-order valence-corrected chi connectivity index (χ2v) is 6.51. The number of nitrogens with zero attached hydrogens (tertiary/aromatic N) is 1. The first kappa shape index (κ1) is 16.4. The van der Waals surface area contributed by atoms with Gasteiger partial charge >= 0.3 is 0 Å². The molecule has 0 unspecified atom stereocenters. The van der Waals surface area contributed by atoms with Crippen LogP contribution in [0.4, 0.5) is 11.4 Å². The number of carbonyl (C=O) groups excluding carboxylic acids is 1. The maximum atomic E-state index is 12.5. The Hall–Kier alpha value is -2.49. The smallest absolute Gasteiger partial charge is 0.246 e. The Kier molecular flexibility index (Phi) is 5.04. The first-order valence-corrected chi connectivity index (χ1v) is 8.48. The van der Waals surface area contributed by atoms with Gasteiger partial charge in [0.2, 0.25) is 5.91 Å². The molecule has 0 aliphatic carbocycles. The number of amides is 1. The molecule has 0 spiro atoms. The second-order valence-electron chi connectivity index (χ2n) is 6.51. The molecule has 0 radical (unpaired) electrons. The average molecular weight is 324 g/mol. The maximum absolute atomic E-state index is 12.5. The third-order valence-corrected chi connectivity index (χ3v) is 4.05. The molecule has 0 saturated heterocycles. The highest BCUT2D eigenvalue weighted by atomic mass is 16.5. The zero-order valence-electron chi connectivity index (χ0n) is 14.3. The monoisotopic (exact) mass is 324 g/mol. The number of fused-ring (bicyclic) bond motifs is 1. The fourth-order valence-corrected chi connectivity index (χ4v) is 2.83. The lowest BCUT2D eigenvalue weighted by Gasteiger charge is -2.18. The number of para-hydroxylation sites is 1. The summed E-state index contributed by atoms with van der Waals surface area (Å²) in [5.74, 6) is 1.40. The number of hydrogen-bond acceptors (Lipinski definition) is 3. The van der Waals surface area contributed by atoms with E-state index in [4.69, 9.17) is 4.74 Å². The first-order valence-electron chi connectivity index (χ1n) is 8.48. The fourth-order valence-electron chi connectivity index (χ4n) is 2.83. The SMILES string of the molecule is CC(C)COc1cccc(NCC(=O)N2CCc3ccccc32)c1. The molecule has 2 aromatic carbocycles. The second kappa shape index (κ2) is 7.39. The van der Waals surface area contributed by atoms with Crippen molar-refractivity contribution in [2.45, 2.75) is 20.3 Å². The van der Waals surface area contributed by atoms with E-state index in [1.54, 1.807) is 0 Å². The van der Waals surface area contributed by atoms with Crippen molar-refractivity contribution in [2.24, 2.45) is 5.92 Å². The van der Waals surface area contributed by atoms with Crippen LogP contribution in [-0.2, 0) is 11.2 Å². The number of hydrogen-bond donors (Lipinski definition) is 1. The zero-order chi connectivity index (χ0) is 16.9. The van der Waals surface area contributed by atoms with Gasteiger partial charge in [-0.2, -0.15) is 0 Å². The molecule has 1 N–H and O–H groups in total. The highest BCUT2D eigenvalue weighted by molar-refractivity contribution is 5.98. The van der Waals surface area contributed by atoms with E-state index in [1.165, 1.54) is 5.56 Å². The summed E-state index contributed by atoms with van der Waals surface area (Å²) in [5, 5.41) is 3.21. The standard InChI is InChI=1S/C20H24N2O2/c1-15(2)14-24-18-8-5-7-17(12-18)21-13-20(23)22-11-10-16-6-3-4-9-19(16)22/h3-9,12,15,21H,10-11,13-14H2,1-2H3. The van der Waals surface area contributed by atoms with E-state index in [2.05, 4.69) is 25.2 Å². The summed E-state index contributed by atoms with van der Waals surface area (Å²) in [6.45, 7) is 5.97. The summed E-state index contributed by atoms with van der Waals surface area (Å²) in [7, 11) is 0. The number of benzene rings is 2. The van der Waals surface area contributed by atoms with Crippen molar-refractivity contribution < 1.29 is 9.53 Å². The van der Waals surface area contributed by atoms with Crippen molar-refractivity contribution in [1.82, 2.24) is 0 Å². The van der Waals surface area contributed by atoms with Gasteiger partial charge in [-0.05, 0) is 36.1 Å². The molecule has 1 heterocycles. The van der Waals surface area contributed by atoms with Crippen molar-refractivity contribution in [1.29, 1.82) is 0 Å². The van der Waals surface area contributed by atoms with E-state index in [9.17, 15) is 4.79 Å². The minimum atomic E-state index is 0.0912. The van der Waals surface area contributed by atoms with Crippen LogP contribution < -0.4 is 15.0 Å². The molecule has 4 heteroatoms. The minimum absolute atomic E-state index is 0.0912. The van der Waals surface area contributed by atoms with Gasteiger partial charge in [0.1, 0.15) is 5.75 Å². The van der Waals surface area contributed by atoms with Crippen LogP contribution >= 0.6 is 0 Å². The number of nitrogens with one attached hydrogen (secondary N) is 1. The molecule has 1 aliphatic heterocycles. The molecule has 24 heavy (non-hydrogen) atoms. The predicted octanol–water partition coefficient (Wildman–Crippen LogP) is 3.72. The molecule has 1 aliphatic rings. The summed E-state index contributed by atoms with van der Waals surface area (Å²) in [4.78, 5) is 14.4. The average Bonchev–Trinajstić information content (AvgIpc) is 3.02.